The van der Waals surface area contributed by atoms with Crippen LogP contribution in [0.15, 0.2) is 186 Å². The van der Waals surface area contributed by atoms with Gasteiger partial charge < -0.3 is 8.98 Å². The van der Waals surface area contributed by atoms with E-state index in [2.05, 4.69) is 189 Å². The van der Waals surface area contributed by atoms with E-state index in [4.69, 9.17) is 11.0 Å². The summed E-state index contributed by atoms with van der Waals surface area (Å²) in [6, 6.07) is 46.7. The molecule has 0 bridgehead atoms. The lowest BCUT2D eigenvalue weighted by Gasteiger charge is -2.36. The molecule has 284 valence electrons. The van der Waals surface area contributed by atoms with Crippen LogP contribution in [0.2, 0.25) is 0 Å². The maximum Gasteiger partial charge on any atom is 0.135 e. The van der Waals surface area contributed by atoms with Crippen LogP contribution in [0, 0.1) is 25.2 Å². The van der Waals surface area contributed by atoms with Crippen molar-refractivity contribution < 1.29 is 4.42 Å². The van der Waals surface area contributed by atoms with Crippen LogP contribution in [0.4, 0.5) is 0 Å². The molecule has 0 saturated carbocycles. The summed E-state index contributed by atoms with van der Waals surface area (Å²) >= 11 is 0. The predicted octanol–water partition coefficient (Wildman–Crippen LogP) is 15.6. The molecule has 2 aromatic heterocycles. The number of nitrogens with zero attached hydrogens (tertiary/aromatic N) is 1. The summed E-state index contributed by atoms with van der Waals surface area (Å²) in [7, 11) is 0. The molecule has 3 unspecified atom stereocenters. The number of benzene rings is 6. The molecule has 2 nitrogen and oxygen atoms in total. The summed E-state index contributed by atoms with van der Waals surface area (Å²) in [6.45, 7) is 11.7. The highest BCUT2D eigenvalue weighted by Crippen LogP contribution is 2.46. The van der Waals surface area contributed by atoms with E-state index >= 15 is 0 Å². The average molecular weight is 752 g/mol. The Morgan fingerprint density at radius 1 is 0.690 bits per heavy atom. The molecule has 6 aromatic carbocycles. The summed E-state index contributed by atoms with van der Waals surface area (Å²) in [6.07, 6.45) is 20.5. The summed E-state index contributed by atoms with van der Waals surface area (Å²) in [4.78, 5) is 0. The van der Waals surface area contributed by atoms with Gasteiger partial charge in [-0.15, -0.1) is 0 Å². The first-order valence-electron chi connectivity index (χ1n) is 20.9. The van der Waals surface area contributed by atoms with Crippen LogP contribution in [-0.2, 0) is 0 Å². The monoisotopic (exact) mass is 751 g/mol. The molecule has 2 heterocycles. The van der Waals surface area contributed by atoms with Crippen molar-refractivity contribution in [3.05, 3.63) is 204 Å². The van der Waals surface area contributed by atoms with Gasteiger partial charge in [-0.3, -0.25) is 0 Å². The number of rotatable bonds is 5. The number of hydrogen-bond acceptors (Lipinski definition) is 1. The Bertz CT molecular complexity index is 3030. The van der Waals surface area contributed by atoms with E-state index in [-0.39, 0.29) is 5.41 Å². The lowest BCUT2D eigenvalue weighted by atomic mass is 9.68. The molecule has 1 spiro atoms. The number of para-hydroxylation sites is 2. The maximum absolute atomic E-state index is 6.20. The smallest absolute Gasteiger partial charge is 0.135 e. The van der Waals surface area contributed by atoms with Crippen molar-refractivity contribution in [2.75, 3.05) is 0 Å². The molecule has 0 fully saturated rings. The van der Waals surface area contributed by atoms with Gasteiger partial charge in [0, 0.05) is 32.6 Å². The summed E-state index contributed by atoms with van der Waals surface area (Å²) in [5.74, 6) is 0.841. The lowest BCUT2D eigenvalue weighted by Crippen LogP contribution is -2.23. The van der Waals surface area contributed by atoms with Crippen LogP contribution in [-0.4, -0.2) is 4.57 Å². The highest BCUT2D eigenvalue weighted by Gasteiger charge is 2.32. The number of aromatic nitrogens is 1. The first-order valence-corrected chi connectivity index (χ1v) is 20.9. The normalized spacial score (nSPS) is 20.6. The first kappa shape index (κ1) is 36.0. The predicted molar refractivity (Wildman–Crippen MR) is 247 cm³/mol. The van der Waals surface area contributed by atoms with Crippen molar-refractivity contribution in [3.8, 4) is 16.8 Å². The van der Waals surface area contributed by atoms with Crippen molar-refractivity contribution in [2.24, 2.45) is 11.3 Å². The van der Waals surface area contributed by atoms with Crippen molar-refractivity contribution in [1.29, 1.82) is 0 Å². The molecule has 0 N–H and O–H groups in total. The lowest BCUT2D eigenvalue weighted by molar-refractivity contribution is 0.331. The zero-order chi connectivity index (χ0) is 39.4. The number of aryl methyl sites for hydroxylation is 2. The minimum atomic E-state index is -0.117. The summed E-state index contributed by atoms with van der Waals surface area (Å²) in [5.41, 5.74) is 15.5. The van der Waals surface area contributed by atoms with Crippen LogP contribution < -0.4 is 0 Å². The maximum atomic E-state index is 6.20. The Morgan fingerprint density at radius 3 is 2.33 bits per heavy atom. The number of allylic oxidation sites excluding steroid dienone is 9. The molecule has 10 rings (SSSR count). The average Bonchev–Trinajstić information content (AvgIpc) is 3.80. The van der Waals surface area contributed by atoms with Gasteiger partial charge in [0.05, 0.1) is 11.0 Å². The Balaban J connectivity index is 1.05. The number of hydrogen-bond donors (Lipinski definition) is 0. The van der Waals surface area contributed by atoms with Crippen LogP contribution in [0.3, 0.4) is 0 Å². The minimum absolute atomic E-state index is 0.117. The fourth-order valence-corrected chi connectivity index (χ4v) is 9.84. The van der Waals surface area contributed by atoms with Gasteiger partial charge in [-0.2, -0.15) is 0 Å². The summed E-state index contributed by atoms with van der Waals surface area (Å²) in [5, 5.41) is 4.91. The second-order valence-electron chi connectivity index (χ2n) is 16.8. The van der Waals surface area contributed by atoms with E-state index in [1.807, 2.05) is 6.07 Å². The fourth-order valence-electron chi connectivity index (χ4n) is 9.84. The van der Waals surface area contributed by atoms with Gasteiger partial charge in [-0.05, 0) is 144 Å². The third-order valence-corrected chi connectivity index (χ3v) is 13.4. The summed E-state index contributed by atoms with van der Waals surface area (Å²) < 4.78 is 8.64. The number of fused-ring (bicyclic) bond motifs is 6. The topological polar surface area (TPSA) is 18.1 Å². The quantitative estimate of drug-likeness (QED) is 0.171. The van der Waals surface area contributed by atoms with E-state index in [1.165, 1.54) is 82.8 Å². The van der Waals surface area contributed by atoms with Gasteiger partial charge in [0.25, 0.3) is 0 Å². The zero-order valence-electron chi connectivity index (χ0n) is 33.7. The van der Waals surface area contributed by atoms with E-state index in [0.717, 1.165) is 36.8 Å². The van der Waals surface area contributed by atoms with E-state index in [0.29, 0.717) is 11.8 Å². The van der Waals surface area contributed by atoms with Gasteiger partial charge in [-0.1, -0.05) is 135 Å². The molecule has 2 aliphatic rings. The van der Waals surface area contributed by atoms with Crippen molar-refractivity contribution in [3.63, 3.8) is 0 Å². The second-order valence-corrected chi connectivity index (χ2v) is 16.8. The van der Waals surface area contributed by atoms with Crippen molar-refractivity contribution in [2.45, 2.75) is 52.4 Å². The largest absolute Gasteiger partial charge is 0.456 e. The molecule has 0 radical (unpaired) electrons. The third-order valence-electron chi connectivity index (χ3n) is 13.4. The van der Waals surface area contributed by atoms with Gasteiger partial charge >= 0.3 is 0 Å². The van der Waals surface area contributed by atoms with Gasteiger partial charge in [-0.25, -0.2) is 0 Å². The van der Waals surface area contributed by atoms with Gasteiger partial charge in [0.2, 0.25) is 0 Å². The zero-order valence-corrected chi connectivity index (χ0v) is 33.7. The Labute approximate surface area is 341 Å². The number of furan rings is 1. The van der Waals surface area contributed by atoms with Gasteiger partial charge in [0.1, 0.15) is 11.2 Å². The molecule has 3 atom stereocenters. The molecule has 0 saturated heterocycles. The van der Waals surface area contributed by atoms with Crippen LogP contribution >= 0.6 is 0 Å². The van der Waals surface area contributed by atoms with Crippen molar-refractivity contribution in [1.82, 2.24) is 4.57 Å². The SMILES string of the molecule is C=C1/C=C(c2ccc3c(c2)c2ccccc2n3-c2ccc(C)c(-c3ccccc3C)c2)\C=C/CC(C(C)c2ccc3oc4ccccc4c3c2)CCC12C=CC=CC2. The third kappa shape index (κ3) is 6.19. The first-order chi connectivity index (χ1) is 28.4. The van der Waals surface area contributed by atoms with E-state index in [1.54, 1.807) is 0 Å². The molecule has 8 aromatic rings. The Kier molecular flexibility index (Phi) is 9.02. The molecule has 0 aliphatic heterocycles. The second kappa shape index (κ2) is 14.5. The minimum Gasteiger partial charge on any atom is -0.456 e. The molecular formula is C56H49NO. The molecule has 2 heteroatoms. The molecule has 58 heavy (non-hydrogen) atoms. The highest BCUT2D eigenvalue weighted by molar-refractivity contribution is 6.10. The van der Waals surface area contributed by atoms with E-state index < -0.39 is 0 Å². The van der Waals surface area contributed by atoms with Gasteiger partial charge in [0.15, 0.2) is 0 Å². The molecular weight excluding hydrogens is 703 g/mol. The van der Waals surface area contributed by atoms with E-state index in [9.17, 15) is 0 Å². The Morgan fingerprint density at radius 2 is 1.47 bits per heavy atom. The highest BCUT2D eigenvalue weighted by atomic mass is 16.3. The van der Waals surface area contributed by atoms with Crippen LogP contribution in [0.1, 0.15) is 60.8 Å². The van der Waals surface area contributed by atoms with Crippen LogP contribution in [0.5, 0.6) is 0 Å². The fraction of sp³-hybridized carbons (Fsp3) is 0.179. The standard InChI is InChI=1S/C56H49NO/c1-37-15-6-7-18-46(37)49-36-45(26-23-38(49)2)57-52-21-10-8-19-47(52)50-35-44(24-27-53(50)57)43-17-14-16-41(29-32-56(39(3)33-43)30-12-5-13-31-56)40(4)42-25-28-55-51(34-42)48-20-9-11-22-54(48)58-55/h5-15,17-28,30,33-36,40-41H,3,16,29,31-32H2,1-2,4H3/b17-14-,43-33+. The Hall–Kier alpha value is -6.38. The van der Waals surface area contributed by atoms with Crippen LogP contribution in [0.25, 0.3) is 66.1 Å². The molecule has 2 aliphatic carbocycles. The molecule has 0 amide bonds. The van der Waals surface area contributed by atoms with Crippen molar-refractivity contribution >= 4 is 49.3 Å².